The van der Waals surface area contributed by atoms with E-state index in [1.807, 2.05) is 6.92 Å². The van der Waals surface area contributed by atoms with Crippen LogP contribution in [0.1, 0.15) is 19.8 Å². The number of methoxy groups -OCH3 is 1. The zero-order valence-corrected chi connectivity index (χ0v) is 7.05. The average molecular weight is 158 g/mol. The van der Waals surface area contributed by atoms with Crippen LogP contribution in [0.3, 0.4) is 0 Å². The van der Waals surface area contributed by atoms with Crippen molar-refractivity contribution >= 4 is 5.78 Å². The molecule has 0 aromatic heterocycles. The summed E-state index contributed by atoms with van der Waals surface area (Å²) >= 11 is 0. The van der Waals surface area contributed by atoms with E-state index < -0.39 is 5.60 Å². The third-order valence-electron chi connectivity index (χ3n) is 2.08. The quantitative estimate of drug-likeness (QED) is 0.608. The molecule has 1 saturated heterocycles. The molecule has 0 aromatic rings. The van der Waals surface area contributed by atoms with Crippen LogP contribution >= 0.6 is 0 Å². The van der Waals surface area contributed by atoms with Crippen LogP contribution in [0.5, 0.6) is 0 Å². The third kappa shape index (κ3) is 1.79. The van der Waals surface area contributed by atoms with E-state index in [-0.39, 0.29) is 12.4 Å². The summed E-state index contributed by atoms with van der Waals surface area (Å²) in [6.07, 6.45) is 1.81. The zero-order valence-electron chi connectivity index (χ0n) is 7.05. The van der Waals surface area contributed by atoms with Crippen molar-refractivity contribution in [3.63, 3.8) is 0 Å². The average Bonchev–Trinajstić information content (AvgIpc) is 2.38. The smallest absolute Gasteiger partial charge is 0.189 e. The van der Waals surface area contributed by atoms with Crippen LogP contribution < -0.4 is 0 Å². The Morgan fingerprint density at radius 3 is 2.91 bits per heavy atom. The minimum atomic E-state index is -0.560. The van der Waals surface area contributed by atoms with Gasteiger partial charge >= 0.3 is 0 Å². The minimum Gasteiger partial charge on any atom is -0.377 e. The summed E-state index contributed by atoms with van der Waals surface area (Å²) in [5, 5.41) is 0. The largest absolute Gasteiger partial charge is 0.377 e. The molecular formula is C8H14O3. The van der Waals surface area contributed by atoms with E-state index in [2.05, 4.69) is 0 Å². The maximum atomic E-state index is 11.3. The molecule has 1 fully saturated rings. The van der Waals surface area contributed by atoms with Crippen molar-refractivity contribution < 1.29 is 14.3 Å². The molecule has 0 N–H and O–H groups in total. The molecule has 1 aliphatic heterocycles. The van der Waals surface area contributed by atoms with Crippen molar-refractivity contribution in [3.05, 3.63) is 0 Å². The molecule has 0 aromatic carbocycles. The number of Topliss-reactive ketones (excluding diaryl/α,β-unsaturated/α-hetero) is 1. The molecule has 0 saturated carbocycles. The van der Waals surface area contributed by atoms with Gasteiger partial charge in [-0.3, -0.25) is 4.79 Å². The van der Waals surface area contributed by atoms with Gasteiger partial charge in [-0.2, -0.15) is 0 Å². The van der Waals surface area contributed by atoms with E-state index in [1.54, 1.807) is 0 Å². The fourth-order valence-corrected chi connectivity index (χ4v) is 1.28. The Morgan fingerprint density at radius 1 is 1.73 bits per heavy atom. The van der Waals surface area contributed by atoms with Gasteiger partial charge < -0.3 is 9.47 Å². The number of rotatable bonds is 3. The van der Waals surface area contributed by atoms with Gasteiger partial charge in [-0.25, -0.2) is 0 Å². The molecular weight excluding hydrogens is 144 g/mol. The van der Waals surface area contributed by atoms with Gasteiger partial charge in [-0.05, 0) is 19.8 Å². The number of ether oxygens (including phenoxy) is 2. The molecule has 64 valence electrons. The Balaban J connectivity index is 2.49. The highest BCUT2D eigenvalue weighted by molar-refractivity contribution is 5.88. The van der Waals surface area contributed by atoms with Crippen molar-refractivity contribution in [2.24, 2.45) is 0 Å². The Morgan fingerprint density at radius 2 is 2.45 bits per heavy atom. The third-order valence-corrected chi connectivity index (χ3v) is 2.08. The summed E-state index contributed by atoms with van der Waals surface area (Å²) in [6, 6.07) is 0. The van der Waals surface area contributed by atoms with Crippen LogP contribution in [0.4, 0.5) is 0 Å². The molecule has 0 spiro atoms. The molecule has 3 nitrogen and oxygen atoms in total. The summed E-state index contributed by atoms with van der Waals surface area (Å²) < 4.78 is 10.1. The fraction of sp³-hybridized carbons (Fsp3) is 0.875. The molecule has 1 atom stereocenters. The summed E-state index contributed by atoms with van der Waals surface area (Å²) in [4.78, 5) is 11.3. The molecule has 1 aliphatic rings. The topological polar surface area (TPSA) is 35.5 Å². The van der Waals surface area contributed by atoms with Crippen LogP contribution in [-0.2, 0) is 14.3 Å². The van der Waals surface area contributed by atoms with Gasteiger partial charge in [0.15, 0.2) is 5.78 Å². The molecule has 0 radical (unpaired) electrons. The number of ketones is 1. The molecule has 1 unspecified atom stereocenters. The first kappa shape index (κ1) is 8.68. The van der Waals surface area contributed by atoms with Gasteiger partial charge in [-0.1, -0.05) is 0 Å². The van der Waals surface area contributed by atoms with E-state index in [9.17, 15) is 4.79 Å². The Hall–Kier alpha value is -0.410. The predicted octanol–water partition coefficient (Wildman–Crippen LogP) is 0.771. The Bertz CT molecular complexity index is 147. The van der Waals surface area contributed by atoms with E-state index in [0.29, 0.717) is 6.61 Å². The summed E-state index contributed by atoms with van der Waals surface area (Å²) in [5.74, 6) is 0.0532. The van der Waals surface area contributed by atoms with Gasteiger partial charge in [-0.15, -0.1) is 0 Å². The van der Waals surface area contributed by atoms with E-state index in [1.165, 1.54) is 7.11 Å². The maximum Gasteiger partial charge on any atom is 0.189 e. The number of carbonyl (C=O) groups is 1. The second kappa shape index (κ2) is 3.32. The van der Waals surface area contributed by atoms with Crippen molar-refractivity contribution in [2.45, 2.75) is 25.4 Å². The second-order valence-corrected chi connectivity index (χ2v) is 3.04. The number of carbonyl (C=O) groups excluding carboxylic acids is 1. The van der Waals surface area contributed by atoms with E-state index >= 15 is 0 Å². The number of hydrogen-bond acceptors (Lipinski definition) is 3. The fourth-order valence-electron chi connectivity index (χ4n) is 1.28. The SMILES string of the molecule is COCC(=O)C1(C)CCCO1. The molecule has 11 heavy (non-hydrogen) atoms. The monoisotopic (exact) mass is 158 g/mol. The van der Waals surface area contributed by atoms with Gasteiger partial charge in [0.25, 0.3) is 0 Å². The molecule has 1 rings (SSSR count). The van der Waals surface area contributed by atoms with Crippen molar-refractivity contribution in [3.8, 4) is 0 Å². The minimum absolute atomic E-state index is 0.0532. The molecule has 1 heterocycles. The van der Waals surface area contributed by atoms with E-state index in [4.69, 9.17) is 9.47 Å². The summed E-state index contributed by atoms with van der Waals surface area (Å²) in [7, 11) is 1.52. The lowest BCUT2D eigenvalue weighted by Gasteiger charge is -2.20. The van der Waals surface area contributed by atoms with E-state index in [0.717, 1.165) is 12.8 Å². The number of hydrogen-bond donors (Lipinski definition) is 0. The van der Waals surface area contributed by atoms with Crippen LogP contribution in [0.2, 0.25) is 0 Å². The van der Waals surface area contributed by atoms with Crippen LogP contribution in [0.25, 0.3) is 0 Å². The summed E-state index contributed by atoms with van der Waals surface area (Å²) in [5.41, 5.74) is -0.560. The lowest BCUT2D eigenvalue weighted by atomic mass is 9.98. The Kier molecular flexibility index (Phi) is 2.62. The highest BCUT2D eigenvalue weighted by atomic mass is 16.5. The highest BCUT2D eigenvalue weighted by Crippen LogP contribution is 2.25. The van der Waals surface area contributed by atoms with Gasteiger partial charge in [0.1, 0.15) is 12.2 Å². The normalized spacial score (nSPS) is 30.7. The van der Waals surface area contributed by atoms with Gasteiger partial charge in [0.2, 0.25) is 0 Å². The Labute approximate surface area is 66.7 Å². The molecule has 0 aliphatic carbocycles. The molecule has 0 bridgehead atoms. The second-order valence-electron chi connectivity index (χ2n) is 3.04. The van der Waals surface area contributed by atoms with Crippen molar-refractivity contribution in [1.29, 1.82) is 0 Å². The maximum absolute atomic E-state index is 11.3. The van der Waals surface area contributed by atoms with Crippen LogP contribution in [0.15, 0.2) is 0 Å². The first-order chi connectivity index (χ1) is 5.19. The molecule has 0 amide bonds. The highest BCUT2D eigenvalue weighted by Gasteiger charge is 2.36. The van der Waals surface area contributed by atoms with Crippen molar-refractivity contribution in [2.75, 3.05) is 20.3 Å². The summed E-state index contributed by atoms with van der Waals surface area (Å²) in [6.45, 7) is 2.70. The van der Waals surface area contributed by atoms with Crippen LogP contribution in [0, 0.1) is 0 Å². The standard InChI is InChI=1S/C8H14O3/c1-8(4-3-5-11-8)7(9)6-10-2/h3-6H2,1-2H3. The first-order valence-corrected chi connectivity index (χ1v) is 3.85. The lowest BCUT2D eigenvalue weighted by Crippen LogP contribution is -2.36. The lowest BCUT2D eigenvalue weighted by molar-refractivity contribution is -0.140. The van der Waals surface area contributed by atoms with Gasteiger partial charge in [0, 0.05) is 13.7 Å². The molecule has 3 heteroatoms. The predicted molar refractivity (Wildman–Crippen MR) is 40.5 cm³/mol. The first-order valence-electron chi connectivity index (χ1n) is 3.85. The van der Waals surface area contributed by atoms with Crippen LogP contribution in [-0.4, -0.2) is 31.7 Å². The van der Waals surface area contributed by atoms with Crippen molar-refractivity contribution in [1.82, 2.24) is 0 Å². The van der Waals surface area contributed by atoms with Gasteiger partial charge in [0.05, 0.1) is 0 Å². The zero-order chi connectivity index (χ0) is 8.32.